The van der Waals surface area contributed by atoms with E-state index in [1.807, 2.05) is 18.7 Å². The lowest BCUT2D eigenvalue weighted by Crippen LogP contribution is -2.56. The SMILES string of the molecule is CC(C)N(CC(O)COc1cccc2c1ccn2S(=O)(=O)c1cccc2ncccc12)C(=O)N1CCC(C2CCN(C(=O)C34CC5CC(CC(C5)C3)C4)CC2)CC1. The third-order valence-electron chi connectivity index (χ3n) is 14.3. The van der Waals surface area contributed by atoms with Crippen LogP contribution in [0, 0.1) is 35.0 Å². The molecule has 2 aromatic carbocycles. The average Bonchev–Trinajstić information content (AvgIpc) is 3.67. The first kappa shape index (κ1) is 38.4. The van der Waals surface area contributed by atoms with Gasteiger partial charge in [-0.25, -0.2) is 17.2 Å². The molecule has 4 saturated carbocycles. The summed E-state index contributed by atoms with van der Waals surface area (Å²) < 4.78 is 35.2. The van der Waals surface area contributed by atoms with Gasteiger partial charge in [-0.3, -0.25) is 9.78 Å². The van der Waals surface area contributed by atoms with Gasteiger partial charge in [-0.05, 0) is 150 Å². The molecular formula is C45H57N5O6S. The zero-order chi connectivity index (χ0) is 39.5. The van der Waals surface area contributed by atoms with E-state index in [9.17, 15) is 23.1 Å². The smallest absolute Gasteiger partial charge is 0.320 e. The number of aromatic nitrogens is 2. The van der Waals surface area contributed by atoms with Crippen LogP contribution >= 0.6 is 0 Å². The highest BCUT2D eigenvalue weighted by molar-refractivity contribution is 7.90. The molecule has 0 spiro atoms. The molecule has 0 radical (unpaired) electrons. The van der Waals surface area contributed by atoms with Crippen molar-refractivity contribution < 1.29 is 27.9 Å². The second kappa shape index (κ2) is 15.2. The lowest BCUT2D eigenvalue weighted by molar-refractivity contribution is -0.159. The summed E-state index contributed by atoms with van der Waals surface area (Å²) in [5, 5.41) is 12.3. The van der Waals surface area contributed by atoms with Crippen molar-refractivity contribution in [2.75, 3.05) is 39.3 Å². The molecule has 1 N–H and O–H groups in total. The third kappa shape index (κ3) is 7.19. The van der Waals surface area contributed by atoms with Crippen molar-refractivity contribution in [1.82, 2.24) is 23.7 Å². The van der Waals surface area contributed by atoms with Gasteiger partial charge in [-0.15, -0.1) is 0 Å². The Morgan fingerprint density at radius 3 is 2.12 bits per heavy atom. The van der Waals surface area contributed by atoms with E-state index in [2.05, 4.69) is 9.88 Å². The number of urea groups is 1. The summed E-state index contributed by atoms with van der Waals surface area (Å²) in [5.41, 5.74) is 0.999. The van der Waals surface area contributed by atoms with Gasteiger partial charge in [0.05, 0.1) is 27.9 Å². The minimum absolute atomic E-state index is 0.0566. The molecule has 4 bridgehead atoms. The van der Waals surface area contributed by atoms with Gasteiger partial charge in [0.1, 0.15) is 18.5 Å². The molecule has 1 atom stereocenters. The molecular weight excluding hydrogens is 739 g/mol. The number of piperidine rings is 2. The molecule has 6 fully saturated rings. The number of aliphatic hydroxyl groups is 1. The first-order valence-electron chi connectivity index (χ1n) is 21.3. The van der Waals surface area contributed by atoms with E-state index in [1.54, 1.807) is 65.7 Å². The van der Waals surface area contributed by atoms with Crippen molar-refractivity contribution >= 4 is 43.8 Å². The topological polar surface area (TPSA) is 125 Å². The molecule has 2 aliphatic heterocycles. The van der Waals surface area contributed by atoms with Gasteiger partial charge in [0.15, 0.2) is 0 Å². The van der Waals surface area contributed by atoms with Crippen LogP contribution in [0.3, 0.4) is 0 Å². The van der Waals surface area contributed by atoms with E-state index < -0.39 is 16.1 Å². The van der Waals surface area contributed by atoms with Crippen LogP contribution in [-0.2, 0) is 14.8 Å². The Bertz CT molecular complexity index is 2200. The van der Waals surface area contributed by atoms with E-state index in [-0.39, 0.29) is 35.5 Å². The van der Waals surface area contributed by atoms with Crippen LogP contribution in [0.5, 0.6) is 5.75 Å². The van der Waals surface area contributed by atoms with Gasteiger partial charge < -0.3 is 24.5 Å². The number of hydrogen-bond acceptors (Lipinski definition) is 7. The van der Waals surface area contributed by atoms with Crippen LogP contribution < -0.4 is 4.74 Å². The van der Waals surface area contributed by atoms with E-state index in [0.717, 1.165) is 75.8 Å². The van der Waals surface area contributed by atoms with E-state index in [1.165, 1.54) is 29.4 Å². The molecule has 4 aliphatic carbocycles. The summed E-state index contributed by atoms with van der Waals surface area (Å²) >= 11 is 0. The normalized spacial score (nSPS) is 26.1. The van der Waals surface area contributed by atoms with Gasteiger partial charge >= 0.3 is 6.03 Å². The first-order valence-corrected chi connectivity index (χ1v) is 22.8. The Labute approximate surface area is 336 Å². The van der Waals surface area contributed by atoms with Crippen LogP contribution in [0.2, 0.25) is 0 Å². The average molecular weight is 796 g/mol. The summed E-state index contributed by atoms with van der Waals surface area (Å²) in [6.07, 6.45) is 13.7. The minimum atomic E-state index is -3.96. The fraction of sp³-hybridized carbons (Fsp3) is 0.578. The van der Waals surface area contributed by atoms with Gasteiger partial charge in [0.2, 0.25) is 5.91 Å². The van der Waals surface area contributed by atoms with Gasteiger partial charge in [0, 0.05) is 55.4 Å². The number of ether oxygens (including phenoxy) is 1. The molecule has 4 heterocycles. The highest BCUT2D eigenvalue weighted by atomic mass is 32.2. The predicted octanol–water partition coefficient (Wildman–Crippen LogP) is 7.16. The number of amides is 3. The molecule has 57 heavy (non-hydrogen) atoms. The Kier molecular flexibility index (Phi) is 10.2. The fourth-order valence-electron chi connectivity index (χ4n) is 11.9. The molecule has 3 amide bonds. The summed E-state index contributed by atoms with van der Waals surface area (Å²) in [7, 11) is -3.96. The molecule has 6 aliphatic rings. The van der Waals surface area contributed by atoms with E-state index in [4.69, 9.17) is 4.74 Å². The number of hydrogen-bond donors (Lipinski definition) is 1. The molecule has 10 rings (SSSR count). The lowest BCUT2D eigenvalue weighted by atomic mass is 9.49. The molecule has 2 saturated heterocycles. The van der Waals surface area contributed by atoms with E-state index in [0.29, 0.717) is 58.4 Å². The zero-order valence-electron chi connectivity index (χ0n) is 33.3. The van der Waals surface area contributed by atoms with Gasteiger partial charge in [-0.2, -0.15) is 0 Å². The number of aliphatic hydroxyl groups excluding tert-OH is 1. The first-order chi connectivity index (χ1) is 27.5. The minimum Gasteiger partial charge on any atom is -0.490 e. The molecule has 12 heteroatoms. The molecule has 304 valence electrons. The standard InChI is InChI=1S/C45H57N5O6S/c1-30(2)49(28-36(51)29-56-41-9-4-8-40-38(41)15-21-50(40)57(54,55)42-10-3-7-39-37(42)6-5-16-46-39)44(53)48-19-13-35(14-20-48)34-11-17-47(18-12-34)43(52)45-25-31-22-32(26-45)24-33(23-31)27-45/h3-10,15-16,21,30-36,51H,11-14,17-20,22-29H2,1-2H3. The van der Waals surface area contributed by atoms with Crippen LogP contribution in [0.25, 0.3) is 21.8 Å². The number of fused-ring (bicyclic) bond motifs is 2. The maximum absolute atomic E-state index is 14.0. The number of nitrogens with zero attached hydrogens (tertiary/aromatic N) is 5. The van der Waals surface area contributed by atoms with Crippen molar-refractivity contribution in [3.8, 4) is 5.75 Å². The number of carbonyl (C=O) groups is 2. The maximum atomic E-state index is 14.0. The van der Waals surface area contributed by atoms with Crippen LogP contribution in [0.1, 0.15) is 78.1 Å². The van der Waals surface area contributed by atoms with Gasteiger partial charge in [-0.1, -0.05) is 12.1 Å². The second-order valence-corrected chi connectivity index (χ2v) is 20.1. The second-order valence-electron chi connectivity index (χ2n) is 18.3. The largest absolute Gasteiger partial charge is 0.490 e. The lowest BCUT2D eigenvalue weighted by Gasteiger charge is -2.57. The van der Waals surface area contributed by atoms with Crippen molar-refractivity contribution in [2.24, 2.45) is 35.0 Å². The Morgan fingerprint density at radius 1 is 0.842 bits per heavy atom. The Morgan fingerprint density at radius 2 is 1.47 bits per heavy atom. The molecule has 2 aromatic heterocycles. The number of carbonyl (C=O) groups excluding carboxylic acids is 2. The fourth-order valence-corrected chi connectivity index (χ4v) is 13.4. The van der Waals surface area contributed by atoms with Crippen molar-refractivity contribution in [3.63, 3.8) is 0 Å². The number of pyridine rings is 1. The Hall–Kier alpha value is -4.16. The predicted molar refractivity (Wildman–Crippen MR) is 219 cm³/mol. The van der Waals surface area contributed by atoms with Crippen molar-refractivity contribution in [2.45, 2.75) is 95.1 Å². The van der Waals surface area contributed by atoms with E-state index >= 15 is 0 Å². The monoisotopic (exact) mass is 795 g/mol. The maximum Gasteiger partial charge on any atom is 0.320 e. The van der Waals surface area contributed by atoms with Crippen LogP contribution in [0.15, 0.2) is 71.9 Å². The summed E-state index contributed by atoms with van der Waals surface area (Å²) in [4.78, 5) is 38.2. The highest BCUT2D eigenvalue weighted by Crippen LogP contribution is 2.60. The summed E-state index contributed by atoms with van der Waals surface area (Å²) in [5.74, 6) is 4.43. The van der Waals surface area contributed by atoms with Crippen molar-refractivity contribution in [1.29, 1.82) is 0 Å². The molecule has 11 nitrogen and oxygen atoms in total. The number of likely N-dealkylation sites (tertiary alicyclic amines) is 2. The Balaban J connectivity index is 0.775. The number of rotatable bonds is 10. The van der Waals surface area contributed by atoms with Crippen LogP contribution in [-0.4, -0.2) is 101 Å². The highest BCUT2D eigenvalue weighted by Gasteiger charge is 2.55. The van der Waals surface area contributed by atoms with Gasteiger partial charge in [0.25, 0.3) is 10.0 Å². The zero-order valence-corrected chi connectivity index (χ0v) is 34.2. The van der Waals surface area contributed by atoms with Crippen LogP contribution in [0.4, 0.5) is 4.79 Å². The van der Waals surface area contributed by atoms with Crippen molar-refractivity contribution in [3.05, 3.63) is 67.0 Å². The third-order valence-corrected chi connectivity index (χ3v) is 16.1. The number of benzene rings is 2. The molecule has 4 aromatic rings. The molecule has 1 unspecified atom stereocenters. The summed E-state index contributed by atoms with van der Waals surface area (Å²) in [6, 6.07) is 15.3. The quantitative estimate of drug-likeness (QED) is 0.181. The summed E-state index contributed by atoms with van der Waals surface area (Å²) in [6.45, 7) is 7.15.